The monoisotopic (exact) mass is 358 g/mol. The Morgan fingerprint density at radius 1 is 1.24 bits per heavy atom. The minimum absolute atomic E-state index is 0.0137. The van der Waals surface area contributed by atoms with Crippen molar-refractivity contribution in [2.75, 3.05) is 26.7 Å². The zero-order valence-electron chi connectivity index (χ0n) is 14.3. The topological polar surface area (TPSA) is 41.6 Å². The first-order chi connectivity index (χ1) is 12.2. The summed E-state index contributed by atoms with van der Waals surface area (Å²) in [6.45, 7) is 2.48. The Bertz CT molecular complexity index is 691. The van der Waals surface area contributed by atoms with E-state index < -0.39 is 6.10 Å². The van der Waals surface area contributed by atoms with Gasteiger partial charge in [-0.1, -0.05) is 41.9 Å². The van der Waals surface area contributed by atoms with Gasteiger partial charge in [-0.25, -0.2) is 0 Å². The molecule has 0 aromatic heterocycles. The van der Waals surface area contributed by atoms with Gasteiger partial charge in [0, 0.05) is 23.7 Å². The van der Waals surface area contributed by atoms with Crippen molar-refractivity contribution >= 4 is 17.5 Å². The SMILES string of the molecule is CNCC1CCN(C(=O)C(Oc2ccc(Cl)cc2)c2ccccc2)C1. The molecule has 0 radical (unpaired) electrons. The minimum atomic E-state index is -0.643. The molecule has 1 heterocycles. The van der Waals surface area contributed by atoms with E-state index in [2.05, 4.69) is 5.32 Å². The summed E-state index contributed by atoms with van der Waals surface area (Å²) in [5, 5.41) is 3.84. The van der Waals surface area contributed by atoms with E-state index in [1.54, 1.807) is 24.3 Å². The van der Waals surface area contributed by atoms with Crippen LogP contribution >= 0.6 is 11.6 Å². The Hall–Kier alpha value is -2.04. The zero-order chi connectivity index (χ0) is 17.6. The molecule has 2 aromatic rings. The number of benzene rings is 2. The van der Waals surface area contributed by atoms with Gasteiger partial charge in [-0.15, -0.1) is 0 Å². The smallest absolute Gasteiger partial charge is 0.268 e. The average molecular weight is 359 g/mol. The molecule has 1 aliphatic rings. The van der Waals surface area contributed by atoms with Crippen molar-refractivity contribution < 1.29 is 9.53 Å². The highest BCUT2D eigenvalue weighted by Gasteiger charge is 2.32. The quantitative estimate of drug-likeness (QED) is 0.858. The second-order valence-corrected chi connectivity index (χ2v) is 6.80. The Labute approximate surface area is 153 Å². The van der Waals surface area contributed by atoms with Crippen LogP contribution in [0.3, 0.4) is 0 Å². The first-order valence-corrected chi connectivity index (χ1v) is 8.95. The van der Waals surface area contributed by atoms with Gasteiger partial charge in [0.15, 0.2) is 0 Å². The van der Waals surface area contributed by atoms with Crippen LogP contribution in [0.1, 0.15) is 18.1 Å². The number of ether oxygens (including phenoxy) is 1. The van der Waals surface area contributed by atoms with Gasteiger partial charge in [0.2, 0.25) is 6.10 Å². The van der Waals surface area contributed by atoms with Gasteiger partial charge in [-0.2, -0.15) is 0 Å². The van der Waals surface area contributed by atoms with E-state index in [9.17, 15) is 4.79 Å². The third-order valence-electron chi connectivity index (χ3n) is 4.48. The maximum atomic E-state index is 13.1. The highest BCUT2D eigenvalue weighted by atomic mass is 35.5. The Kier molecular flexibility index (Phi) is 5.95. The average Bonchev–Trinajstić information content (AvgIpc) is 3.10. The van der Waals surface area contributed by atoms with E-state index >= 15 is 0 Å². The van der Waals surface area contributed by atoms with E-state index in [4.69, 9.17) is 16.3 Å². The Balaban J connectivity index is 1.79. The summed E-state index contributed by atoms with van der Waals surface area (Å²) in [4.78, 5) is 15.0. The number of hydrogen-bond donors (Lipinski definition) is 1. The van der Waals surface area contributed by atoms with E-state index in [0.29, 0.717) is 16.7 Å². The number of hydrogen-bond acceptors (Lipinski definition) is 3. The molecule has 3 rings (SSSR count). The fourth-order valence-electron chi connectivity index (χ4n) is 3.19. The lowest BCUT2D eigenvalue weighted by Gasteiger charge is -2.25. The van der Waals surface area contributed by atoms with Crippen LogP contribution in [0.5, 0.6) is 5.75 Å². The molecule has 2 atom stereocenters. The summed E-state index contributed by atoms with van der Waals surface area (Å²) in [6.07, 6.45) is 0.380. The minimum Gasteiger partial charge on any atom is -0.476 e. The molecule has 1 amide bonds. The standard InChI is InChI=1S/C20H23ClN2O2/c1-22-13-15-11-12-23(14-15)20(24)19(16-5-3-2-4-6-16)25-18-9-7-17(21)8-10-18/h2-10,15,19,22H,11-14H2,1H3. The summed E-state index contributed by atoms with van der Waals surface area (Å²) >= 11 is 5.94. The zero-order valence-corrected chi connectivity index (χ0v) is 15.1. The largest absolute Gasteiger partial charge is 0.476 e. The second-order valence-electron chi connectivity index (χ2n) is 6.36. The van der Waals surface area contributed by atoms with Crippen LogP contribution in [0, 0.1) is 5.92 Å². The molecule has 132 valence electrons. The highest BCUT2D eigenvalue weighted by Crippen LogP contribution is 2.27. The van der Waals surface area contributed by atoms with Crippen molar-refractivity contribution in [2.24, 2.45) is 5.92 Å². The molecule has 0 aliphatic carbocycles. The van der Waals surface area contributed by atoms with Crippen molar-refractivity contribution in [1.82, 2.24) is 10.2 Å². The number of nitrogens with one attached hydrogen (secondary N) is 1. The van der Waals surface area contributed by atoms with Gasteiger partial charge in [0.05, 0.1) is 0 Å². The fourth-order valence-corrected chi connectivity index (χ4v) is 3.32. The molecule has 25 heavy (non-hydrogen) atoms. The molecule has 1 saturated heterocycles. The van der Waals surface area contributed by atoms with E-state index in [0.717, 1.165) is 31.6 Å². The maximum Gasteiger partial charge on any atom is 0.268 e. The molecular formula is C20H23ClN2O2. The molecule has 0 saturated carbocycles. The summed E-state index contributed by atoms with van der Waals surface area (Å²) in [5.74, 6) is 1.15. The maximum absolute atomic E-state index is 13.1. The molecular weight excluding hydrogens is 336 g/mol. The second kappa shape index (κ2) is 8.37. The van der Waals surface area contributed by atoms with Crippen LogP contribution in [0.15, 0.2) is 54.6 Å². The molecule has 1 aliphatic heterocycles. The lowest BCUT2D eigenvalue weighted by atomic mass is 10.1. The van der Waals surface area contributed by atoms with Crippen molar-refractivity contribution in [3.05, 3.63) is 65.2 Å². The summed E-state index contributed by atoms with van der Waals surface area (Å²) in [7, 11) is 1.95. The highest BCUT2D eigenvalue weighted by molar-refractivity contribution is 6.30. The normalized spacial score (nSPS) is 18.2. The van der Waals surface area contributed by atoms with Crippen LogP contribution in [0.4, 0.5) is 0 Å². The van der Waals surface area contributed by atoms with Crippen LogP contribution in [-0.4, -0.2) is 37.5 Å². The van der Waals surface area contributed by atoms with Gasteiger partial charge < -0.3 is 15.0 Å². The predicted octanol–water partition coefficient (Wildman–Crippen LogP) is 3.53. The Morgan fingerprint density at radius 2 is 1.96 bits per heavy atom. The molecule has 2 unspecified atom stereocenters. The number of carbonyl (C=O) groups excluding carboxylic acids is 1. The van der Waals surface area contributed by atoms with E-state index in [1.165, 1.54) is 0 Å². The molecule has 1 N–H and O–H groups in total. The van der Waals surface area contributed by atoms with Crippen LogP contribution in [-0.2, 0) is 4.79 Å². The van der Waals surface area contributed by atoms with Crippen molar-refractivity contribution in [3.63, 3.8) is 0 Å². The van der Waals surface area contributed by atoms with Crippen molar-refractivity contribution in [2.45, 2.75) is 12.5 Å². The van der Waals surface area contributed by atoms with Gasteiger partial charge in [-0.3, -0.25) is 4.79 Å². The molecule has 0 bridgehead atoms. The predicted molar refractivity (Wildman–Crippen MR) is 99.9 cm³/mol. The molecule has 0 spiro atoms. The number of amides is 1. The Morgan fingerprint density at radius 3 is 2.64 bits per heavy atom. The van der Waals surface area contributed by atoms with Gasteiger partial charge >= 0.3 is 0 Å². The van der Waals surface area contributed by atoms with Crippen LogP contribution in [0.2, 0.25) is 5.02 Å². The molecule has 4 nitrogen and oxygen atoms in total. The van der Waals surface area contributed by atoms with Crippen molar-refractivity contribution in [3.8, 4) is 5.75 Å². The van der Waals surface area contributed by atoms with Crippen LogP contribution < -0.4 is 10.1 Å². The first kappa shape index (κ1) is 17.8. The third kappa shape index (κ3) is 4.53. The van der Waals surface area contributed by atoms with E-state index in [1.807, 2.05) is 42.3 Å². The van der Waals surface area contributed by atoms with E-state index in [-0.39, 0.29) is 5.91 Å². The fraction of sp³-hybridized carbons (Fsp3) is 0.350. The molecule has 2 aromatic carbocycles. The lowest BCUT2D eigenvalue weighted by Crippen LogP contribution is -2.36. The summed E-state index contributed by atoms with van der Waals surface area (Å²) in [6, 6.07) is 16.8. The molecule has 1 fully saturated rings. The number of carbonyl (C=O) groups is 1. The van der Waals surface area contributed by atoms with Gasteiger partial charge in [0.1, 0.15) is 5.75 Å². The number of likely N-dealkylation sites (tertiary alicyclic amines) is 1. The first-order valence-electron chi connectivity index (χ1n) is 8.58. The number of rotatable bonds is 6. The third-order valence-corrected chi connectivity index (χ3v) is 4.74. The summed E-state index contributed by atoms with van der Waals surface area (Å²) < 4.78 is 6.06. The van der Waals surface area contributed by atoms with Crippen LogP contribution in [0.25, 0.3) is 0 Å². The number of nitrogens with zero attached hydrogens (tertiary/aromatic N) is 1. The van der Waals surface area contributed by atoms with Gasteiger partial charge in [0.25, 0.3) is 5.91 Å². The summed E-state index contributed by atoms with van der Waals surface area (Å²) in [5.41, 5.74) is 0.861. The number of halogens is 1. The molecule has 5 heteroatoms. The lowest BCUT2D eigenvalue weighted by molar-refractivity contribution is -0.138. The van der Waals surface area contributed by atoms with Crippen molar-refractivity contribution in [1.29, 1.82) is 0 Å². The van der Waals surface area contributed by atoms with Gasteiger partial charge in [-0.05, 0) is 50.2 Å².